The Hall–Kier alpha value is -1.09. The van der Waals surface area contributed by atoms with Gasteiger partial charge >= 0.3 is 0 Å². The molecule has 94 valence electrons. The van der Waals surface area contributed by atoms with E-state index in [1.165, 1.54) is 0 Å². The molecule has 0 amide bonds. The Kier molecular flexibility index (Phi) is 4.23. The molecule has 2 rings (SSSR count). The third kappa shape index (κ3) is 3.02. The Labute approximate surface area is 117 Å². The fourth-order valence-electron chi connectivity index (χ4n) is 1.97. The van der Waals surface area contributed by atoms with Gasteiger partial charge in [-0.3, -0.25) is 4.98 Å². The molecular weight excluding hydrogens is 267 g/mol. The van der Waals surface area contributed by atoms with E-state index in [0.717, 1.165) is 21.7 Å². The van der Waals surface area contributed by atoms with E-state index in [9.17, 15) is 0 Å². The third-order valence-electron chi connectivity index (χ3n) is 2.93. The number of benzene rings is 1. The number of hydrogen-bond acceptors (Lipinski definition) is 2. The quantitative estimate of drug-likeness (QED) is 0.925. The minimum Gasteiger partial charge on any atom is -0.324 e. The van der Waals surface area contributed by atoms with Crippen LogP contribution in [0.1, 0.15) is 22.7 Å². The lowest BCUT2D eigenvalue weighted by Crippen LogP contribution is -2.15. The Morgan fingerprint density at radius 2 is 2.06 bits per heavy atom. The number of rotatable bonds is 3. The molecule has 0 spiro atoms. The lowest BCUT2D eigenvalue weighted by molar-refractivity contribution is 0.716. The first-order chi connectivity index (χ1) is 8.58. The summed E-state index contributed by atoms with van der Waals surface area (Å²) in [5, 5.41) is 1.38. The molecule has 18 heavy (non-hydrogen) atoms. The number of nitrogens with zero attached hydrogens (tertiary/aromatic N) is 1. The van der Waals surface area contributed by atoms with Gasteiger partial charge in [-0.1, -0.05) is 29.3 Å². The Balaban J connectivity index is 2.22. The lowest BCUT2D eigenvalue weighted by Gasteiger charge is -2.15. The van der Waals surface area contributed by atoms with Crippen LogP contribution in [0, 0.1) is 6.92 Å². The first-order valence-electron chi connectivity index (χ1n) is 5.68. The van der Waals surface area contributed by atoms with Crippen LogP contribution in [-0.2, 0) is 6.42 Å². The molecule has 1 atom stereocenters. The normalized spacial score (nSPS) is 12.4. The maximum absolute atomic E-state index is 6.22. The van der Waals surface area contributed by atoms with E-state index < -0.39 is 0 Å². The summed E-state index contributed by atoms with van der Waals surface area (Å²) in [5.74, 6) is 0. The second-order valence-electron chi connectivity index (χ2n) is 4.28. The average Bonchev–Trinajstić information content (AvgIpc) is 2.32. The first kappa shape index (κ1) is 13.3. The van der Waals surface area contributed by atoms with Gasteiger partial charge in [0.2, 0.25) is 0 Å². The zero-order valence-electron chi connectivity index (χ0n) is 10.0. The van der Waals surface area contributed by atoms with Gasteiger partial charge in [-0.25, -0.2) is 0 Å². The maximum atomic E-state index is 6.22. The first-order valence-corrected chi connectivity index (χ1v) is 6.43. The highest BCUT2D eigenvalue weighted by atomic mass is 35.5. The van der Waals surface area contributed by atoms with E-state index in [1.54, 1.807) is 12.4 Å². The number of hydrogen-bond donors (Lipinski definition) is 1. The van der Waals surface area contributed by atoms with Crippen LogP contribution in [-0.4, -0.2) is 4.98 Å². The molecule has 2 N–H and O–H groups in total. The Bertz CT molecular complexity index is 555. The zero-order chi connectivity index (χ0) is 13.1. The van der Waals surface area contributed by atoms with Gasteiger partial charge in [0, 0.05) is 23.5 Å². The van der Waals surface area contributed by atoms with Crippen LogP contribution >= 0.6 is 23.2 Å². The van der Waals surface area contributed by atoms with Gasteiger partial charge in [0.15, 0.2) is 0 Å². The number of pyridine rings is 1. The lowest BCUT2D eigenvalue weighted by atomic mass is 9.96. The van der Waals surface area contributed by atoms with Gasteiger partial charge in [0.1, 0.15) is 0 Å². The molecule has 0 bridgehead atoms. The van der Waals surface area contributed by atoms with Crippen LogP contribution < -0.4 is 5.73 Å². The van der Waals surface area contributed by atoms with Gasteiger partial charge in [0.05, 0.1) is 5.02 Å². The highest BCUT2D eigenvalue weighted by Gasteiger charge is 2.12. The molecule has 2 aromatic rings. The molecule has 0 aliphatic carbocycles. The van der Waals surface area contributed by atoms with Gasteiger partial charge in [-0.05, 0) is 48.2 Å². The van der Waals surface area contributed by atoms with Crippen molar-refractivity contribution in [3.05, 3.63) is 63.4 Å². The summed E-state index contributed by atoms with van der Waals surface area (Å²) < 4.78 is 0. The predicted molar refractivity (Wildman–Crippen MR) is 76.1 cm³/mol. The van der Waals surface area contributed by atoms with Crippen LogP contribution in [0.3, 0.4) is 0 Å². The molecule has 4 heteroatoms. The molecular formula is C14H14Cl2N2. The number of nitrogens with two attached hydrogens (primary N) is 1. The number of halogens is 2. The summed E-state index contributed by atoms with van der Waals surface area (Å²) in [6.45, 7) is 2.01. The molecule has 0 saturated heterocycles. The molecule has 0 aliphatic heterocycles. The summed E-state index contributed by atoms with van der Waals surface area (Å²) in [6, 6.07) is 7.55. The van der Waals surface area contributed by atoms with Gasteiger partial charge in [0.25, 0.3) is 0 Å². The van der Waals surface area contributed by atoms with E-state index in [-0.39, 0.29) is 6.04 Å². The highest BCUT2D eigenvalue weighted by molar-refractivity contribution is 6.31. The van der Waals surface area contributed by atoms with Crippen molar-refractivity contribution in [1.82, 2.24) is 4.98 Å². The SMILES string of the molecule is Cc1cc(Cl)ccc1C(N)Cc1ccncc1Cl. The summed E-state index contributed by atoms with van der Waals surface area (Å²) in [4.78, 5) is 3.96. The van der Waals surface area contributed by atoms with Crippen molar-refractivity contribution in [3.8, 4) is 0 Å². The van der Waals surface area contributed by atoms with Crippen molar-refractivity contribution in [1.29, 1.82) is 0 Å². The topological polar surface area (TPSA) is 38.9 Å². The fraction of sp³-hybridized carbons (Fsp3) is 0.214. The van der Waals surface area contributed by atoms with E-state index in [2.05, 4.69) is 4.98 Å². The summed E-state index contributed by atoms with van der Waals surface area (Å²) in [7, 11) is 0. The van der Waals surface area contributed by atoms with E-state index in [1.807, 2.05) is 31.2 Å². The Morgan fingerprint density at radius 1 is 1.28 bits per heavy atom. The molecule has 0 fully saturated rings. The van der Waals surface area contributed by atoms with Crippen molar-refractivity contribution < 1.29 is 0 Å². The molecule has 1 aromatic carbocycles. The van der Waals surface area contributed by atoms with Crippen molar-refractivity contribution in [2.24, 2.45) is 5.73 Å². The Morgan fingerprint density at radius 3 is 2.72 bits per heavy atom. The minimum atomic E-state index is -0.0952. The number of aromatic nitrogens is 1. The van der Waals surface area contributed by atoms with Gasteiger partial charge in [-0.15, -0.1) is 0 Å². The molecule has 0 radical (unpaired) electrons. The third-order valence-corrected chi connectivity index (χ3v) is 3.50. The van der Waals surface area contributed by atoms with Crippen molar-refractivity contribution in [2.75, 3.05) is 0 Å². The average molecular weight is 281 g/mol. The van der Waals surface area contributed by atoms with Crippen molar-refractivity contribution in [3.63, 3.8) is 0 Å². The van der Waals surface area contributed by atoms with Gasteiger partial charge < -0.3 is 5.73 Å². The second kappa shape index (κ2) is 5.70. The van der Waals surface area contributed by atoms with E-state index >= 15 is 0 Å². The summed E-state index contributed by atoms with van der Waals surface area (Å²) in [6.07, 6.45) is 4.05. The highest BCUT2D eigenvalue weighted by Crippen LogP contribution is 2.25. The molecule has 2 nitrogen and oxygen atoms in total. The summed E-state index contributed by atoms with van der Waals surface area (Å²) in [5.41, 5.74) is 9.42. The predicted octanol–water partition coefficient (Wildman–Crippen LogP) is 3.94. The largest absolute Gasteiger partial charge is 0.324 e. The van der Waals surface area contributed by atoms with Crippen LogP contribution in [0.25, 0.3) is 0 Å². The smallest absolute Gasteiger partial charge is 0.0622 e. The van der Waals surface area contributed by atoms with E-state index in [4.69, 9.17) is 28.9 Å². The van der Waals surface area contributed by atoms with E-state index in [0.29, 0.717) is 11.4 Å². The van der Waals surface area contributed by atoms with Crippen LogP contribution in [0.5, 0.6) is 0 Å². The number of aryl methyl sites for hydroxylation is 1. The second-order valence-corrected chi connectivity index (χ2v) is 5.12. The van der Waals surface area contributed by atoms with Gasteiger partial charge in [-0.2, -0.15) is 0 Å². The zero-order valence-corrected chi connectivity index (χ0v) is 11.5. The minimum absolute atomic E-state index is 0.0952. The molecule has 1 aromatic heterocycles. The van der Waals surface area contributed by atoms with Crippen LogP contribution in [0.2, 0.25) is 10.0 Å². The molecule has 1 unspecified atom stereocenters. The van der Waals surface area contributed by atoms with Crippen LogP contribution in [0.4, 0.5) is 0 Å². The molecule has 1 heterocycles. The molecule has 0 saturated carbocycles. The fourth-order valence-corrected chi connectivity index (χ4v) is 2.39. The molecule has 0 aliphatic rings. The summed E-state index contributed by atoms with van der Waals surface area (Å²) >= 11 is 12.0. The van der Waals surface area contributed by atoms with Crippen molar-refractivity contribution >= 4 is 23.2 Å². The monoisotopic (exact) mass is 280 g/mol. The van der Waals surface area contributed by atoms with Crippen LogP contribution in [0.15, 0.2) is 36.7 Å². The standard InChI is InChI=1S/C14H14Cl2N2/c1-9-6-11(15)2-3-12(9)14(17)7-10-4-5-18-8-13(10)16/h2-6,8,14H,7,17H2,1H3. The van der Waals surface area contributed by atoms with Crippen molar-refractivity contribution in [2.45, 2.75) is 19.4 Å². The maximum Gasteiger partial charge on any atom is 0.0622 e.